The Kier molecular flexibility index (Phi) is 11.1. The monoisotopic (exact) mass is 652 g/mol. The van der Waals surface area contributed by atoms with Gasteiger partial charge in [0.2, 0.25) is 5.91 Å². The number of piperidine rings is 1. The predicted molar refractivity (Wildman–Crippen MR) is 149 cm³/mol. The topological polar surface area (TPSA) is 124 Å². The molecule has 2 bridgehead atoms. The number of nitrogens with two attached hydrogens (primary N) is 1. The second kappa shape index (κ2) is 13.8. The molecular formula is C28H34F6N4O5S. The van der Waals surface area contributed by atoms with E-state index in [2.05, 4.69) is 4.90 Å². The highest BCUT2D eigenvalue weighted by Crippen LogP contribution is 2.43. The van der Waals surface area contributed by atoms with Crippen LogP contribution in [0.1, 0.15) is 58.6 Å². The van der Waals surface area contributed by atoms with E-state index in [1.165, 1.54) is 30.5 Å². The van der Waals surface area contributed by atoms with E-state index in [0.29, 0.717) is 35.7 Å². The quantitative estimate of drug-likeness (QED) is 0.386. The second-order valence-electron chi connectivity index (χ2n) is 10.9. The van der Waals surface area contributed by atoms with Crippen molar-refractivity contribution in [1.82, 2.24) is 13.5 Å². The lowest BCUT2D eigenvalue weighted by Crippen LogP contribution is -2.48. The Labute approximate surface area is 251 Å². The second-order valence-corrected chi connectivity index (χ2v) is 13.0. The van der Waals surface area contributed by atoms with E-state index in [1.54, 1.807) is 6.07 Å². The van der Waals surface area contributed by atoms with Gasteiger partial charge in [0.15, 0.2) is 0 Å². The molecule has 2 aliphatic rings. The first-order valence-electron chi connectivity index (χ1n) is 13.6. The largest absolute Gasteiger partial charge is 0.490 e. The minimum Gasteiger partial charge on any atom is -0.475 e. The fourth-order valence-corrected chi connectivity index (χ4v) is 6.68. The molecule has 1 amide bonds. The molecule has 244 valence electrons. The number of carboxylic acids is 1. The number of nitrogens with zero attached hydrogens (tertiary/aromatic N) is 3. The maximum atomic E-state index is 13.1. The molecule has 2 aromatic rings. The third-order valence-corrected chi connectivity index (χ3v) is 9.69. The normalized spacial score (nSPS) is 20.8. The Bertz CT molecular complexity index is 1400. The molecule has 1 unspecified atom stereocenters. The molecule has 0 saturated carbocycles. The maximum absolute atomic E-state index is 13.1. The molecule has 4 rings (SSSR count). The Morgan fingerprint density at radius 2 is 1.52 bits per heavy atom. The third kappa shape index (κ3) is 8.92. The number of aliphatic carboxylic acids is 1. The number of halogens is 6. The molecular weight excluding hydrogens is 618 g/mol. The van der Waals surface area contributed by atoms with Crippen LogP contribution in [0.3, 0.4) is 0 Å². The van der Waals surface area contributed by atoms with Crippen molar-refractivity contribution in [3.05, 3.63) is 70.8 Å². The molecule has 3 N–H and O–H groups in total. The maximum Gasteiger partial charge on any atom is 0.490 e. The highest BCUT2D eigenvalue weighted by molar-refractivity contribution is 7.86. The van der Waals surface area contributed by atoms with Crippen LogP contribution in [0.25, 0.3) is 0 Å². The van der Waals surface area contributed by atoms with E-state index in [9.17, 15) is 39.6 Å². The van der Waals surface area contributed by atoms with E-state index >= 15 is 0 Å². The van der Waals surface area contributed by atoms with Gasteiger partial charge in [-0.15, -0.1) is 0 Å². The number of carbonyl (C=O) groups excluding carboxylic acids is 1. The van der Waals surface area contributed by atoms with Crippen LogP contribution >= 0.6 is 0 Å². The number of primary amides is 1. The summed E-state index contributed by atoms with van der Waals surface area (Å²) >= 11 is 0. The number of amides is 1. The van der Waals surface area contributed by atoms with Gasteiger partial charge in [-0.3, -0.25) is 9.69 Å². The van der Waals surface area contributed by atoms with Gasteiger partial charge in [0.25, 0.3) is 10.2 Å². The van der Waals surface area contributed by atoms with Crippen molar-refractivity contribution in [2.75, 3.05) is 27.2 Å². The first-order valence-corrected chi connectivity index (χ1v) is 15.0. The van der Waals surface area contributed by atoms with Gasteiger partial charge in [0.05, 0.1) is 5.56 Å². The number of carbonyl (C=O) groups is 2. The molecule has 0 radical (unpaired) electrons. The highest BCUT2D eigenvalue weighted by atomic mass is 32.2. The first-order chi connectivity index (χ1) is 20.3. The van der Waals surface area contributed by atoms with E-state index in [1.807, 2.05) is 18.2 Å². The number of fused-ring (bicyclic) bond motifs is 2. The average molecular weight is 653 g/mol. The Balaban J connectivity index is 0.000000676. The zero-order valence-electron chi connectivity index (χ0n) is 24.0. The summed E-state index contributed by atoms with van der Waals surface area (Å²) < 4.78 is 99.1. The molecule has 0 aromatic heterocycles. The minimum absolute atomic E-state index is 0.00957. The van der Waals surface area contributed by atoms with Gasteiger partial charge in [0, 0.05) is 51.4 Å². The lowest BCUT2D eigenvalue weighted by atomic mass is 9.84. The standard InChI is InChI=1S/C26H33F3N4O3S.C2HF3O2/c1-31(2)37(35,36)32(17-18-6-8-22(9-7-18)26(27,28)29)12-13-33-23-10-11-24(33)16-21(15-23)19-4-3-5-20(14-19)25(30)34;3-2(4,5)1(6)7/h3-9,14,21,23-24H,10-13,15-17H2,1-2H3,(H2,30,34);(H,6,7)/t21?,23-,24+;. The van der Waals surface area contributed by atoms with Crippen LogP contribution < -0.4 is 5.73 Å². The van der Waals surface area contributed by atoms with Crippen LogP contribution in [0.2, 0.25) is 0 Å². The van der Waals surface area contributed by atoms with Crippen LogP contribution in [0, 0.1) is 0 Å². The molecule has 2 saturated heterocycles. The molecule has 2 heterocycles. The molecule has 44 heavy (non-hydrogen) atoms. The first kappa shape index (κ1) is 35.3. The van der Waals surface area contributed by atoms with Gasteiger partial charge in [-0.25, -0.2) is 4.79 Å². The van der Waals surface area contributed by atoms with Crippen LogP contribution in [-0.2, 0) is 27.7 Å². The van der Waals surface area contributed by atoms with Crippen molar-refractivity contribution in [2.45, 2.75) is 62.6 Å². The Morgan fingerprint density at radius 1 is 0.977 bits per heavy atom. The summed E-state index contributed by atoms with van der Waals surface area (Å²) in [7, 11) is -0.886. The lowest BCUT2D eigenvalue weighted by molar-refractivity contribution is -0.192. The lowest BCUT2D eigenvalue weighted by Gasteiger charge is -2.40. The highest BCUT2D eigenvalue weighted by Gasteiger charge is 2.41. The van der Waals surface area contributed by atoms with Gasteiger partial charge in [0.1, 0.15) is 0 Å². The van der Waals surface area contributed by atoms with E-state index in [0.717, 1.165) is 47.7 Å². The molecule has 2 fully saturated rings. The molecule has 2 aromatic carbocycles. The molecule has 2 aliphatic heterocycles. The summed E-state index contributed by atoms with van der Waals surface area (Å²) in [5, 5.41) is 7.12. The smallest absolute Gasteiger partial charge is 0.475 e. The molecule has 16 heteroatoms. The summed E-state index contributed by atoms with van der Waals surface area (Å²) in [6.07, 6.45) is -5.65. The van der Waals surface area contributed by atoms with Crippen molar-refractivity contribution in [1.29, 1.82) is 0 Å². The number of carboxylic acid groups (broad SMARTS) is 1. The zero-order valence-corrected chi connectivity index (χ0v) is 24.8. The predicted octanol–water partition coefficient (Wildman–Crippen LogP) is 4.46. The van der Waals surface area contributed by atoms with Gasteiger partial charge in [-0.1, -0.05) is 24.3 Å². The van der Waals surface area contributed by atoms with Crippen molar-refractivity contribution >= 4 is 22.1 Å². The average Bonchev–Trinajstić information content (AvgIpc) is 3.16. The number of alkyl halides is 6. The summed E-state index contributed by atoms with van der Waals surface area (Å²) in [5.41, 5.74) is 6.79. The van der Waals surface area contributed by atoms with E-state index < -0.39 is 40.0 Å². The summed E-state index contributed by atoms with van der Waals surface area (Å²) in [4.78, 5) is 22.9. The van der Waals surface area contributed by atoms with Crippen molar-refractivity contribution < 1.29 is 49.5 Å². The molecule has 9 nitrogen and oxygen atoms in total. The summed E-state index contributed by atoms with van der Waals surface area (Å²) in [6.45, 7) is 0.762. The van der Waals surface area contributed by atoms with Gasteiger partial charge in [-0.2, -0.15) is 43.4 Å². The fourth-order valence-electron chi connectivity index (χ4n) is 5.59. The number of rotatable bonds is 9. The number of hydrogen-bond acceptors (Lipinski definition) is 5. The minimum atomic E-state index is -5.08. The number of hydrogen-bond donors (Lipinski definition) is 2. The summed E-state index contributed by atoms with van der Waals surface area (Å²) in [5.74, 6) is -2.90. The van der Waals surface area contributed by atoms with Gasteiger partial charge >= 0.3 is 18.3 Å². The van der Waals surface area contributed by atoms with E-state index in [-0.39, 0.29) is 13.1 Å². The van der Waals surface area contributed by atoms with Crippen molar-refractivity contribution in [3.8, 4) is 0 Å². The Morgan fingerprint density at radius 3 is 1.98 bits per heavy atom. The van der Waals surface area contributed by atoms with Crippen LogP contribution in [0.4, 0.5) is 26.3 Å². The van der Waals surface area contributed by atoms with Gasteiger partial charge in [-0.05, 0) is 67.0 Å². The van der Waals surface area contributed by atoms with Crippen molar-refractivity contribution in [3.63, 3.8) is 0 Å². The van der Waals surface area contributed by atoms with Crippen molar-refractivity contribution in [2.24, 2.45) is 5.73 Å². The SMILES string of the molecule is CN(C)S(=O)(=O)N(CCN1[C@@H]2CC[C@H]1CC(c1cccc(C(N)=O)c1)C2)Cc1ccc(C(F)(F)F)cc1.O=C(O)C(F)(F)F. The summed E-state index contributed by atoms with van der Waals surface area (Å²) in [6, 6.07) is 12.7. The van der Waals surface area contributed by atoms with Gasteiger partial charge < -0.3 is 10.8 Å². The zero-order chi connectivity index (χ0) is 33.0. The molecule has 0 aliphatic carbocycles. The Hall–Kier alpha value is -3.21. The fraction of sp³-hybridized carbons (Fsp3) is 0.500. The molecule has 3 atom stereocenters. The van der Waals surface area contributed by atoms with Crippen LogP contribution in [0.5, 0.6) is 0 Å². The van der Waals surface area contributed by atoms with E-state index in [4.69, 9.17) is 15.6 Å². The molecule has 0 spiro atoms. The third-order valence-electron chi connectivity index (χ3n) is 7.80. The number of benzene rings is 2. The van der Waals surface area contributed by atoms with Crippen LogP contribution in [0.15, 0.2) is 48.5 Å². The van der Waals surface area contributed by atoms with Crippen LogP contribution in [-0.4, -0.2) is 84.4 Å².